The Bertz CT molecular complexity index is 485. The van der Waals surface area contributed by atoms with E-state index in [4.69, 9.17) is 4.74 Å². The molecule has 0 aromatic rings. The average molecular weight is 304 g/mol. The molecular formula is C19H28O3. The second-order valence-corrected chi connectivity index (χ2v) is 5.90. The SMILES string of the molecule is COC(=O)C(CCC=C=C(C)C)(CCC=C=C(C)C)C(C)=O. The van der Waals surface area contributed by atoms with Crippen LogP contribution in [0.25, 0.3) is 0 Å². The van der Waals surface area contributed by atoms with E-state index in [1.807, 2.05) is 39.8 Å². The van der Waals surface area contributed by atoms with Crippen molar-refractivity contribution in [3.8, 4) is 0 Å². The predicted octanol–water partition coefficient (Wildman–Crippen LogP) is 4.54. The molecule has 0 aliphatic heterocycles. The molecule has 0 aromatic heterocycles. The first-order chi connectivity index (χ1) is 10.3. The van der Waals surface area contributed by atoms with Gasteiger partial charge in [-0.3, -0.25) is 9.59 Å². The molecule has 0 fully saturated rings. The minimum absolute atomic E-state index is 0.143. The van der Waals surface area contributed by atoms with Crippen LogP contribution in [0.2, 0.25) is 0 Å². The van der Waals surface area contributed by atoms with Crippen LogP contribution in [-0.2, 0) is 14.3 Å². The largest absolute Gasteiger partial charge is 0.468 e. The maximum absolute atomic E-state index is 12.2. The minimum atomic E-state index is -1.07. The van der Waals surface area contributed by atoms with Crippen LogP contribution in [0.5, 0.6) is 0 Å². The molecule has 0 aliphatic rings. The molecule has 122 valence electrons. The smallest absolute Gasteiger partial charge is 0.319 e. The number of methoxy groups -OCH3 is 1. The number of ether oxygens (including phenoxy) is 1. The highest BCUT2D eigenvalue weighted by molar-refractivity contribution is 6.02. The molecule has 22 heavy (non-hydrogen) atoms. The summed E-state index contributed by atoms with van der Waals surface area (Å²) in [5.74, 6) is -0.591. The highest BCUT2D eigenvalue weighted by Gasteiger charge is 2.42. The van der Waals surface area contributed by atoms with Gasteiger partial charge in [0.15, 0.2) is 0 Å². The number of hydrogen-bond donors (Lipinski definition) is 0. The number of carbonyl (C=O) groups excluding carboxylic acids is 2. The highest BCUT2D eigenvalue weighted by atomic mass is 16.5. The van der Waals surface area contributed by atoms with E-state index in [0.717, 1.165) is 11.1 Å². The molecule has 0 saturated heterocycles. The zero-order chi connectivity index (χ0) is 17.2. The zero-order valence-electron chi connectivity index (χ0n) is 14.7. The third-order valence-corrected chi connectivity index (χ3v) is 3.46. The summed E-state index contributed by atoms with van der Waals surface area (Å²) in [6.45, 7) is 9.29. The molecule has 0 aromatic carbocycles. The van der Waals surface area contributed by atoms with Crippen LogP contribution in [0, 0.1) is 5.41 Å². The van der Waals surface area contributed by atoms with Gasteiger partial charge < -0.3 is 4.74 Å². The number of Topliss-reactive ketones (excluding diaryl/α,β-unsaturated/α-hetero) is 1. The lowest BCUT2D eigenvalue weighted by atomic mass is 9.75. The van der Waals surface area contributed by atoms with E-state index >= 15 is 0 Å². The van der Waals surface area contributed by atoms with Gasteiger partial charge in [0, 0.05) is 0 Å². The van der Waals surface area contributed by atoms with Gasteiger partial charge in [-0.15, -0.1) is 11.5 Å². The molecule has 0 amide bonds. The molecular weight excluding hydrogens is 276 g/mol. The van der Waals surface area contributed by atoms with Gasteiger partial charge in [-0.25, -0.2) is 0 Å². The topological polar surface area (TPSA) is 43.4 Å². The van der Waals surface area contributed by atoms with Crippen molar-refractivity contribution >= 4 is 11.8 Å². The van der Waals surface area contributed by atoms with E-state index in [2.05, 4.69) is 11.5 Å². The van der Waals surface area contributed by atoms with Crippen LogP contribution < -0.4 is 0 Å². The summed E-state index contributed by atoms with van der Waals surface area (Å²) in [5.41, 5.74) is 7.26. The summed E-state index contributed by atoms with van der Waals surface area (Å²) in [7, 11) is 1.33. The van der Waals surface area contributed by atoms with Crippen molar-refractivity contribution in [3.63, 3.8) is 0 Å². The second kappa shape index (κ2) is 10.00. The monoisotopic (exact) mass is 304 g/mol. The summed E-state index contributed by atoms with van der Waals surface area (Å²) < 4.78 is 4.89. The van der Waals surface area contributed by atoms with Gasteiger partial charge in [0.1, 0.15) is 11.2 Å². The van der Waals surface area contributed by atoms with Crippen LogP contribution in [0.4, 0.5) is 0 Å². The predicted molar refractivity (Wildman–Crippen MR) is 89.5 cm³/mol. The Hall–Kier alpha value is -1.82. The van der Waals surface area contributed by atoms with Gasteiger partial charge in [0.05, 0.1) is 7.11 Å². The summed E-state index contributed by atoms with van der Waals surface area (Å²) in [5, 5.41) is 0. The fourth-order valence-corrected chi connectivity index (χ4v) is 2.21. The molecule has 0 radical (unpaired) electrons. The Morgan fingerprint density at radius 3 is 1.59 bits per heavy atom. The molecule has 0 heterocycles. The van der Waals surface area contributed by atoms with Gasteiger partial charge in [-0.2, -0.15) is 0 Å². The molecule has 0 unspecified atom stereocenters. The Kier molecular flexibility index (Phi) is 9.17. The molecule has 3 nitrogen and oxygen atoms in total. The highest BCUT2D eigenvalue weighted by Crippen LogP contribution is 2.33. The van der Waals surface area contributed by atoms with Gasteiger partial charge in [0.2, 0.25) is 0 Å². The second-order valence-electron chi connectivity index (χ2n) is 5.90. The first kappa shape index (κ1) is 20.2. The fraction of sp³-hybridized carbons (Fsp3) is 0.579. The van der Waals surface area contributed by atoms with E-state index in [9.17, 15) is 9.59 Å². The van der Waals surface area contributed by atoms with E-state index in [1.54, 1.807) is 0 Å². The number of carbonyl (C=O) groups is 2. The molecule has 0 aliphatic carbocycles. The lowest BCUT2D eigenvalue weighted by Crippen LogP contribution is -2.39. The van der Waals surface area contributed by atoms with Crippen LogP contribution in [0.3, 0.4) is 0 Å². The Labute approximate surface area is 134 Å². The van der Waals surface area contributed by atoms with Gasteiger partial charge in [-0.05, 0) is 83.6 Å². The van der Waals surface area contributed by atoms with Crippen molar-refractivity contribution in [1.82, 2.24) is 0 Å². The number of hydrogen-bond acceptors (Lipinski definition) is 3. The molecule has 0 spiro atoms. The van der Waals surface area contributed by atoms with E-state index in [1.165, 1.54) is 14.0 Å². The first-order valence-electron chi connectivity index (χ1n) is 7.62. The number of allylic oxidation sites excluding steroid dienone is 2. The van der Waals surface area contributed by atoms with Gasteiger partial charge in [0.25, 0.3) is 0 Å². The van der Waals surface area contributed by atoms with Gasteiger partial charge >= 0.3 is 5.97 Å². The number of esters is 1. The lowest BCUT2D eigenvalue weighted by molar-refractivity contribution is -0.158. The Balaban J connectivity index is 5.26. The van der Waals surface area contributed by atoms with E-state index < -0.39 is 11.4 Å². The Morgan fingerprint density at radius 2 is 1.32 bits per heavy atom. The summed E-state index contributed by atoms with van der Waals surface area (Å²) >= 11 is 0. The summed E-state index contributed by atoms with van der Waals surface area (Å²) in [4.78, 5) is 24.4. The standard InChI is InChI=1S/C19H28O3/c1-15(2)11-7-9-13-19(17(5)20,18(21)22-6)14-10-8-12-16(3)4/h7-8H,9-10,13-14H2,1-6H3. The maximum atomic E-state index is 12.2. The van der Waals surface area contributed by atoms with Crippen molar-refractivity contribution in [3.05, 3.63) is 34.8 Å². The summed E-state index contributed by atoms with van der Waals surface area (Å²) in [6.07, 6.45) is 5.87. The van der Waals surface area contributed by atoms with Crippen molar-refractivity contribution in [2.75, 3.05) is 7.11 Å². The minimum Gasteiger partial charge on any atom is -0.468 e. The van der Waals surface area contributed by atoms with Crippen LogP contribution in [0.15, 0.2) is 34.8 Å². The molecule has 0 bridgehead atoms. The van der Waals surface area contributed by atoms with E-state index in [0.29, 0.717) is 25.7 Å². The van der Waals surface area contributed by atoms with Crippen molar-refractivity contribution < 1.29 is 14.3 Å². The molecule has 0 rings (SSSR count). The molecule has 0 N–H and O–H groups in total. The number of rotatable bonds is 8. The average Bonchev–Trinajstić information content (AvgIpc) is 2.44. The third-order valence-electron chi connectivity index (χ3n) is 3.46. The number of ketones is 1. The van der Waals surface area contributed by atoms with Crippen LogP contribution in [0.1, 0.15) is 60.3 Å². The quantitative estimate of drug-likeness (QED) is 0.376. The van der Waals surface area contributed by atoms with Gasteiger partial charge in [-0.1, -0.05) is 0 Å². The van der Waals surface area contributed by atoms with Crippen molar-refractivity contribution in [2.45, 2.75) is 60.3 Å². The fourth-order valence-electron chi connectivity index (χ4n) is 2.21. The molecule has 3 heteroatoms. The maximum Gasteiger partial charge on any atom is 0.319 e. The Morgan fingerprint density at radius 1 is 0.909 bits per heavy atom. The lowest BCUT2D eigenvalue weighted by Gasteiger charge is -2.27. The molecule has 0 saturated carbocycles. The van der Waals surface area contributed by atoms with Crippen LogP contribution in [-0.4, -0.2) is 18.9 Å². The zero-order valence-corrected chi connectivity index (χ0v) is 14.7. The molecule has 0 atom stereocenters. The third kappa shape index (κ3) is 6.76. The van der Waals surface area contributed by atoms with Crippen LogP contribution >= 0.6 is 0 Å². The first-order valence-corrected chi connectivity index (χ1v) is 7.62. The summed E-state index contributed by atoms with van der Waals surface area (Å²) in [6, 6.07) is 0. The van der Waals surface area contributed by atoms with E-state index in [-0.39, 0.29) is 5.78 Å². The van der Waals surface area contributed by atoms with Crippen molar-refractivity contribution in [2.24, 2.45) is 5.41 Å². The van der Waals surface area contributed by atoms with Crippen molar-refractivity contribution in [1.29, 1.82) is 0 Å². The normalized spacial score (nSPS) is 12.3.